The van der Waals surface area contributed by atoms with E-state index in [1.165, 1.54) is 7.11 Å². The fraction of sp³-hybridized carbons (Fsp3) is 0.579. The van der Waals surface area contributed by atoms with Crippen LogP contribution < -0.4 is 10.1 Å². The molecule has 25 heavy (non-hydrogen) atoms. The van der Waals surface area contributed by atoms with Crippen LogP contribution in [-0.2, 0) is 9.59 Å². The summed E-state index contributed by atoms with van der Waals surface area (Å²) in [6.07, 6.45) is 2.47. The summed E-state index contributed by atoms with van der Waals surface area (Å²) >= 11 is 6.09. The van der Waals surface area contributed by atoms with Crippen molar-refractivity contribution in [1.82, 2.24) is 4.90 Å². The number of rotatable bonds is 8. The van der Waals surface area contributed by atoms with Gasteiger partial charge in [0, 0.05) is 24.2 Å². The van der Waals surface area contributed by atoms with Gasteiger partial charge < -0.3 is 15.0 Å². The average Bonchev–Trinajstić information content (AvgIpc) is 3.38. The second-order valence-electron chi connectivity index (χ2n) is 6.56. The van der Waals surface area contributed by atoms with Crippen molar-refractivity contribution in [1.29, 1.82) is 0 Å². The third kappa shape index (κ3) is 4.66. The van der Waals surface area contributed by atoms with E-state index in [4.69, 9.17) is 16.3 Å². The van der Waals surface area contributed by atoms with Gasteiger partial charge in [0.2, 0.25) is 11.8 Å². The molecule has 1 aliphatic carbocycles. The van der Waals surface area contributed by atoms with Gasteiger partial charge in [-0.3, -0.25) is 9.59 Å². The van der Waals surface area contributed by atoms with Gasteiger partial charge in [-0.05, 0) is 37.8 Å². The van der Waals surface area contributed by atoms with Crippen molar-refractivity contribution in [2.24, 2.45) is 11.8 Å². The molecule has 138 valence electrons. The molecule has 0 radical (unpaired) electrons. The van der Waals surface area contributed by atoms with E-state index >= 15 is 0 Å². The molecule has 1 saturated carbocycles. The van der Waals surface area contributed by atoms with Gasteiger partial charge in [-0.15, -0.1) is 0 Å². The number of benzene rings is 1. The Morgan fingerprint density at radius 3 is 2.44 bits per heavy atom. The molecule has 1 aliphatic rings. The number of hydrogen-bond acceptors (Lipinski definition) is 3. The monoisotopic (exact) mass is 366 g/mol. The minimum Gasteiger partial charge on any atom is -0.495 e. The van der Waals surface area contributed by atoms with E-state index in [0.29, 0.717) is 22.9 Å². The first-order valence-electron chi connectivity index (χ1n) is 8.86. The maximum Gasteiger partial charge on any atom is 0.228 e. The fourth-order valence-electron chi connectivity index (χ4n) is 3.02. The molecule has 5 nitrogen and oxygen atoms in total. The molecule has 0 aliphatic heterocycles. The van der Waals surface area contributed by atoms with Gasteiger partial charge in [0.25, 0.3) is 0 Å². The lowest BCUT2D eigenvalue weighted by molar-refractivity contribution is -0.134. The maximum absolute atomic E-state index is 12.6. The Morgan fingerprint density at radius 2 is 1.88 bits per heavy atom. The molecular formula is C19H27ClN2O3. The van der Waals surface area contributed by atoms with Gasteiger partial charge in [0.05, 0.1) is 24.6 Å². The number of methoxy groups -OCH3 is 1. The van der Waals surface area contributed by atoms with Crippen LogP contribution >= 0.6 is 11.6 Å². The van der Waals surface area contributed by atoms with Crippen LogP contribution in [0.1, 0.15) is 38.7 Å². The molecule has 1 aromatic carbocycles. The largest absolute Gasteiger partial charge is 0.495 e. The van der Waals surface area contributed by atoms with Crippen LogP contribution in [0.2, 0.25) is 5.02 Å². The Balaban J connectivity index is 2.02. The van der Waals surface area contributed by atoms with Gasteiger partial charge in [-0.1, -0.05) is 25.4 Å². The van der Waals surface area contributed by atoms with Crippen LogP contribution in [-0.4, -0.2) is 36.9 Å². The van der Waals surface area contributed by atoms with Crippen LogP contribution in [0.3, 0.4) is 0 Å². The number of aryl methyl sites for hydroxylation is 1. The second kappa shape index (κ2) is 8.56. The lowest BCUT2D eigenvalue weighted by Gasteiger charge is -2.21. The number of nitrogens with one attached hydrogen (secondary N) is 1. The first kappa shape index (κ1) is 19.6. The van der Waals surface area contributed by atoms with Gasteiger partial charge in [0.15, 0.2) is 0 Å². The topological polar surface area (TPSA) is 58.6 Å². The van der Waals surface area contributed by atoms with Crippen LogP contribution in [0.25, 0.3) is 0 Å². The van der Waals surface area contributed by atoms with Gasteiger partial charge >= 0.3 is 0 Å². The highest BCUT2D eigenvalue weighted by atomic mass is 35.5. The molecule has 1 N–H and O–H groups in total. The number of ether oxygens (including phenoxy) is 1. The second-order valence-corrected chi connectivity index (χ2v) is 6.97. The summed E-state index contributed by atoms with van der Waals surface area (Å²) in [5.41, 5.74) is 1.45. The molecule has 1 aromatic rings. The van der Waals surface area contributed by atoms with E-state index in [0.717, 1.165) is 31.5 Å². The Bertz CT molecular complexity index is 642. The van der Waals surface area contributed by atoms with E-state index < -0.39 is 0 Å². The number of hydrogen-bond donors (Lipinski definition) is 1. The molecular weight excluding hydrogens is 340 g/mol. The van der Waals surface area contributed by atoms with Crippen molar-refractivity contribution >= 4 is 29.1 Å². The van der Waals surface area contributed by atoms with Crippen molar-refractivity contribution in [3.8, 4) is 5.75 Å². The van der Waals surface area contributed by atoms with E-state index in [1.807, 2.05) is 11.8 Å². The maximum atomic E-state index is 12.6. The van der Waals surface area contributed by atoms with Crippen molar-refractivity contribution in [3.63, 3.8) is 0 Å². The zero-order valence-corrected chi connectivity index (χ0v) is 16.2. The number of carbonyl (C=O) groups excluding carboxylic acids is 2. The molecule has 0 aromatic heterocycles. The van der Waals surface area contributed by atoms with E-state index in [9.17, 15) is 9.59 Å². The quantitative estimate of drug-likeness (QED) is 0.759. The molecule has 2 rings (SSSR count). The van der Waals surface area contributed by atoms with Gasteiger partial charge in [0.1, 0.15) is 5.75 Å². The molecule has 2 unspecified atom stereocenters. The Labute approximate surface area is 154 Å². The van der Waals surface area contributed by atoms with Crippen LogP contribution in [0.5, 0.6) is 5.75 Å². The van der Waals surface area contributed by atoms with Crippen LogP contribution in [0.4, 0.5) is 5.69 Å². The van der Waals surface area contributed by atoms with Crippen molar-refractivity contribution in [2.45, 2.75) is 40.0 Å². The number of amides is 2. The summed E-state index contributed by atoms with van der Waals surface area (Å²) in [6, 6.07) is 3.48. The summed E-state index contributed by atoms with van der Waals surface area (Å²) < 4.78 is 5.28. The van der Waals surface area contributed by atoms with Crippen LogP contribution in [0.15, 0.2) is 12.1 Å². The highest BCUT2D eigenvalue weighted by Crippen LogP contribution is 2.42. The fourth-order valence-corrected chi connectivity index (χ4v) is 3.17. The van der Waals surface area contributed by atoms with E-state index in [1.54, 1.807) is 12.1 Å². The van der Waals surface area contributed by atoms with Crippen LogP contribution in [0, 0.1) is 18.8 Å². The summed E-state index contributed by atoms with van der Waals surface area (Å²) in [7, 11) is 1.54. The van der Waals surface area contributed by atoms with E-state index in [-0.39, 0.29) is 23.7 Å². The molecule has 0 spiro atoms. The lowest BCUT2D eigenvalue weighted by atomic mass is 10.2. The van der Waals surface area contributed by atoms with Crippen molar-refractivity contribution in [2.75, 3.05) is 25.5 Å². The molecule has 2 amide bonds. The summed E-state index contributed by atoms with van der Waals surface area (Å²) in [6.45, 7) is 7.49. The SMILES string of the molecule is CCCN(CCC)C(=O)C1CC1C(=O)Nc1cc(C)c(Cl)cc1OC. The Kier molecular flexibility index (Phi) is 6.71. The third-order valence-corrected chi connectivity index (χ3v) is 4.89. The average molecular weight is 367 g/mol. The van der Waals surface area contributed by atoms with E-state index in [2.05, 4.69) is 19.2 Å². The number of carbonyl (C=O) groups is 2. The zero-order valence-electron chi connectivity index (χ0n) is 15.4. The molecule has 0 saturated heterocycles. The highest BCUT2D eigenvalue weighted by molar-refractivity contribution is 6.31. The Hall–Kier alpha value is -1.75. The highest BCUT2D eigenvalue weighted by Gasteiger charge is 2.49. The molecule has 0 heterocycles. The van der Waals surface area contributed by atoms with Crippen molar-refractivity contribution < 1.29 is 14.3 Å². The number of anilines is 1. The first-order valence-corrected chi connectivity index (χ1v) is 9.24. The van der Waals surface area contributed by atoms with Crippen molar-refractivity contribution in [3.05, 3.63) is 22.7 Å². The minimum atomic E-state index is -0.260. The smallest absolute Gasteiger partial charge is 0.228 e. The normalized spacial score (nSPS) is 18.6. The molecule has 6 heteroatoms. The summed E-state index contributed by atoms with van der Waals surface area (Å²) in [4.78, 5) is 27.0. The number of halogens is 1. The number of nitrogens with zero attached hydrogens (tertiary/aromatic N) is 1. The minimum absolute atomic E-state index is 0.100. The molecule has 1 fully saturated rings. The summed E-state index contributed by atoms with van der Waals surface area (Å²) in [5.74, 6) is 0.0300. The molecule has 0 bridgehead atoms. The Morgan fingerprint density at radius 1 is 1.24 bits per heavy atom. The molecule has 2 atom stereocenters. The van der Waals surface area contributed by atoms with Gasteiger partial charge in [-0.2, -0.15) is 0 Å². The third-order valence-electron chi connectivity index (χ3n) is 4.48. The standard InChI is InChI=1S/C19H27ClN2O3/c1-5-7-22(8-6-2)19(24)14-10-13(14)18(23)21-16-9-12(3)15(20)11-17(16)25-4/h9,11,13-14H,5-8,10H2,1-4H3,(H,21,23). The predicted octanol–water partition coefficient (Wildman–Crippen LogP) is 3.88. The first-order chi connectivity index (χ1) is 11.9. The lowest BCUT2D eigenvalue weighted by Crippen LogP contribution is -2.34. The predicted molar refractivity (Wildman–Crippen MR) is 100 cm³/mol. The summed E-state index contributed by atoms with van der Waals surface area (Å²) in [5, 5.41) is 3.47. The zero-order chi connectivity index (χ0) is 18.6. The van der Waals surface area contributed by atoms with Gasteiger partial charge in [-0.25, -0.2) is 0 Å².